The summed E-state index contributed by atoms with van der Waals surface area (Å²) in [6.07, 6.45) is 51.0. The first-order chi connectivity index (χ1) is 24.1. The fraction of sp³-hybridized carbons (Fsp3) is 0.911. The number of aliphatic carboxylic acids is 1. The maximum atomic E-state index is 12.7. The van der Waals surface area contributed by atoms with Crippen molar-refractivity contribution < 1.29 is 19.4 Å². The molecule has 0 saturated heterocycles. The second-order valence-corrected chi connectivity index (χ2v) is 15.2. The number of carboxylic acids is 1. The lowest BCUT2D eigenvalue weighted by atomic mass is 10.0. The van der Waals surface area contributed by atoms with E-state index in [2.05, 4.69) is 26.0 Å². The molecule has 1 N–H and O–H groups in total. The van der Waals surface area contributed by atoms with Crippen molar-refractivity contribution in [1.29, 1.82) is 0 Å². The first kappa shape index (κ1) is 47.7. The molecule has 49 heavy (non-hydrogen) atoms. The van der Waals surface area contributed by atoms with Crippen molar-refractivity contribution in [3.63, 3.8) is 0 Å². The fourth-order valence-electron chi connectivity index (χ4n) is 6.95. The molecule has 0 aromatic rings. The van der Waals surface area contributed by atoms with E-state index in [9.17, 15) is 9.59 Å². The standard InChI is InChI=1S/C45H86O4/c1-3-5-7-9-11-13-15-17-19-20-21-23-25-27-29-34-38-42-45(48)49-43(40-36-32-30-33-37-41-44(46)47)39-35-31-28-26-24-22-18-16-14-12-10-8-6-4-2/h17,19,43H,3-16,18,20-42H2,1-2H3,(H,46,47)/b19-17-. The lowest BCUT2D eigenvalue weighted by molar-refractivity contribution is -0.150. The van der Waals surface area contributed by atoms with E-state index in [4.69, 9.17) is 9.84 Å². The van der Waals surface area contributed by atoms with Crippen LogP contribution in [0.5, 0.6) is 0 Å². The number of unbranched alkanes of at least 4 members (excludes halogenated alkanes) is 30. The molecule has 0 aromatic heterocycles. The van der Waals surface area contributed by atoms with Crippen LogP contribution in [0.3, 0.4) is 0 Å². The number of carbonyl (C=O) groups excluding carboxylic acids is 1. The number of allylic oxidation sites excluding steroid dienone is 2. The van der Waals surface area contributed by atoms with Gasteiger partial charge in [0.1, 0.15) is 6.10 Å². The molecule has 0 aromatic carbocycles. The topological polar surface area (TPSA) is 63.6 Å². The highest BCUT2D eigenvalue weighted by Gasteiger charge is 2.14. The zero-order chi connectivity index (χ0) is 35.7. The Hall–Kier alpha value is -1.32. The van der Waals surface area contributed by atoms with Gasteiger partial charge in [0.05, 0.1) is 0 Å². The summed E-state index contributed by atoms with van der Waals surface area (Å²) < 4.78 is 6.03. The van der Waals surface area contributed by atoms with Crippen molar-refractivity contribution in [2.45, 2.75) is 264 Å². The SMILES string of the molecule is CCCCCCCC/C=C\CCCCCCCCCC(=O)OC(CCCCCCCCCCCCCCCC)CCCCCCCC(=O)O. The Labute approximate surface area is 306 Å². The highest BCUT2D eigenvalue weighted by Crippen LogP contribution is 2.19. The Morgan fingerprint density at radius 3 is 1.10 bits per heavy atom. The summed E-state index contributed by atoms with van der Waals surface area (Å²) >= 11 is 0. The number of esters is 1. The van der Waals surface area contributed by atoms with Crippen molar-refractivity contribution >= 4 is 11.9 Å². The van der Waals surface area contributed by atoms with Crippen molar-refractivity contribution in [3.05, 3.63) is 12.2 Å². The first-order valence-electron chi connectivity index (χ1n) is 22.2. The molecule has 0 fully saturated rings. The molecule has 4 nitrogen and oxygen atoms in total. The second kappa shape index (κ2) is 41.1. The van der Waals surface area contributed by atoms with E-state index < -0.39 is 5.97 Å². The minimum absolute atomic E-state index is 0.00423. The molecule has 0 heterocycles. The predicted octanol–water partition coefficient (Wildman–Crippen LogP) is 15.4. The minimum atomic E-state index is -0.697. The summed E-state index contributed by atoms with van der Waals surface area (Å²) in [4.78, 5) is 23.5. The molecule has 0 aliphatic heterocycles. The van der Waals surface area contributed by atoms with Gasteiger partial charge in [0.15, 0.2) is 0 Å². The van der Waals surface area contributed by atoms with Crippen LogP contribution in [0.2, 0.25) is 0 Å². The quantitative estimate of drug-likeness (QED) is 0.0394. The summed E-state index contributed by atoms with van der Waals surface area (Å²) in [5.41, 5.74) is 0. The van der Waals surface area contributed by atoms with Crippen LogP contribution < -0.4 is 0 Å². The van der Waals surface area contributed by atoms with Gasteiger partial charge < -0.3 is 9.84 Å². The van der Waals surface area contributed by atoms with Crippen LogP contribution in [0.4, 0.5) is 0 Å². The summed E-state index contributed by atoms with van der Waals surface area (Å²) in [5.74, 6) is -0.693. The lowest BCUT2D eigenvalue weighted by Crippen LogP contribution is -2.18. The van der Waals surface area contributed by atoms with Gasteiger partial charge in [-0.1, -0.05) is 193 Å². The molecule has 290 valence electrons. The number of carbonyl (C=O) groups is 2. The number of hydrogen-bond acceptors (Lipinski definition) is 3. The van der Waals surface area contributed by atoms with Gasteiger partial charge in [-0.3, -0.25) is 9.59 Å². The monoisotopic (exact) mass is 691 g/mol. The van der Waals surface area contributed by atoms with Crippen molar-refractivity contribution in [2.75, 3.05) is 0 Å². The average Bonchev–Trinajstić information content (AvgIpc) is 3.09. The third kappa shape index (κ3) is 41.0. The van der Waals surface area contributed by atoms with E-state index in [0.717, 1.165) is 64.2 Å². The molecule has 0 radical (unpaired) electrons. The van der Waals surface area contributed by atoms with Gasteiger partial charge in [0.2, 0.25) is 0 Å². The highest BCUT2D eigenvalue weighted by molar-refractivity contribution is 5.69. The number of hydrogen-bond donors (Lipinski definition) is 1. The maximum absolute atomic E-state index is 12.7. The molecule has 0 bridgehead atoms. The van der Waals surface area contributed by atoms with Crippen molar-refractivity contribution in [1.82, 2.24) is 0 Å². The average molecular weight is 691 g/mol. The summed E-state index contributed by atoms with van der Waals surface area (Å²) in [6.45, 7) is 4.56. The third-order valence-electron chi connectivity index (χ3n) is 10.2. The van der Waals surface area contributed by atoms with E-state index in [0.29, 0.717) is 6.42 Å². The van der Waals surface area contributed by atoms with Gasteiger partial charge in [-0.2, -0.15) is 0 Å². The van der Waals surface area contributed by atoms with Crippen LogP contribution >= 0.6 is 0 Å². The van der Waals surface area contributed by atoms with E-state index >= 15 is 0 Å². The molecule has 1 unspecified atom stereocenters. The van der Waals surface area contributed by atoms with E-state index in [-0.39, 0.29) is 18.5 Å². The molecule has 0 spiro atoms. The van der Waals surface area contributed by atoms with Crippen molar-refractivity contribution in [3.8, 4) is 0 Å². The smallest absolute Gasteiger partial charge is 0.306 e. The molecular formula is C45H86O4. The van der Waals surface area contributed by atoms with Crippen LogP contribution in [0.25, 0.3) is 0 Å². The third-order valence-corrected chi connectivity index (χ3v) is 10.2. The van der Waals surface area contributed by atoms with E-state index in [1.54, 1.807) is 0 Å². The Kier molecular flexibility index (Phi) is 40.0. The fourth-order valence-corrected chi connectivity index (χ4v) is 6.95. The Morgan fingerprint density at radius 1 is 0.429 bits per heavy atom. The zero-order valence-corrected chi connectivity index (χ0v) is 33.3. The molecule has 0 aliphatic carbocycles. The van der Waals surface area contributed by atoms with Crippen LogP contribution in [0.15, 0.2) is 12.2 Å². The number of rotatable bonds is 41. The van der Waals surface area contributed by atoms with Crippen LogP contribution in [0.1, 0.15) is 258 Å². The molecule has 0 amide bonds. The molecule has 4 heteroatoms. The van der Waals surface area contributed by atoms with Crippen LogP contribution in [0, 0.1) is 0 Å². The van der Waals surface area contributed by atoms with Gasteiger partial charge >= 0.3 is 11.9 Å². The lowest BCUT2D eigenvalue weighted by Gasteiger charge is -2.18. The summed E-state index contributed by atoms with van der Waals surface area (Å²) in [7, 11) is 0. The number of ether oxygens (including phenoxy) is 1. The van der Waals surface area contributed by atoms with Crippen molar-refractivity contribution in [2.24, 2.45) is 0 Å². The molecule has 0 rings (SSSR count). The second-order valence-electron chi connectivity index (χ2n) is 15.2. The predicted molar refractivity (Wildman–Crippen MR) is 213 cm³/mol. The normalized spacial score (nSPS) is 12.2. The summed E-state index contributed by atoms with van der Waals surface area (Å²) in [6, 6.07) is 0. The van der Waals surface area contributed by atoms with Gasteiger partial charge in [-0.25, -0.2) is 0 Å². The van der Waals surface area contributed by atoms with E-state index in [1.165, 1.54) is 167 Å². The van der Waals surface area contributed by atoms with E-state index in [1.807, 2.05) is 0 Å². The maximum Gasteiger partial charge on any atom is 0.306 e. The minimum Gasteiger partial charge on any atom is -0.481 e. The Balaban J connectivity index is 3.97. The highest BCUT2D eigenvalue weighted by atomic mass is 16.5. The van der Waals surface area contributed by atoms with Crippen LogP contribution in [-0.4, -0.2) is 23.1 Å². The molecule has 1 atom stereocenters. The van der Waals surface area contributed by atoms with Crippen LogP contribution in [-0.2, 0) is 14.3 Å². The first-order valence-corrected chi connectivity index (χ1v) is 22.2. The summed E-state index contributed by atoms with van der Waals surface area (Å²) in [5, 5.41) is 8.84. The molecule has 0 aliphatic rings. The largest absolute Gasteiger partial charge is 0.481 e. The molecular weight excluding hydrogens is 604 g/mol. The van der Waals surface area contributed by atoms with Gasteiger partial charge in [-0.05, 0) is 64.2 Å². The van der Waals surface area contributed by atoms with Gasteiger partial charge in [0.25, 0.3) is 0 Å². The Morgan fingerprint density at radius 2 is 0.735 bits per heavy atom. The molecule has 0 saturated carbocycles. The zero-order valence-electron chi connectivity index (χ0n) is 33.3. The van der Waals surface area contributed by atoms with Gasteiger partial charge in [-0.15, -0.1) is 0 Å². The Bertz CT molecular complexity index is 702. The van der Waals surface area contributed by atoms with Gasteiger partial charge in [0, 0.05) is 12.8 Å². The number of carboxylic acid groups (broad SMARTS) is 1.